The van der Waals surface area contributed by atoms with Crippen LogP contribution in [0.2, 0.25) is 0 Å². The molecule has 1 aliphatic heterocycles. The molecule has 0 spiro atoms. The Morgan fingerprint density at radius 2 is 1.90 bits per heavy atom. The van der Waals surface area contributed by atoms with Crippen molar-refractivity contribution < 1.29 is 14.4 Å². The molecule has 0 saturated carbocycles. The first-order chi connectivity index (χ1) is 14.6. The van der Waals surface area contributed by atoms with Crippen LogP contribution in [0.5, 0.6) is 0 Å². The Balaban J connectivity index is 1.41. The van der Waals surface area contributed by atoms with Crippen LogP contribution >= 0.6 is 11.3 Å². The quantitative estimate of drug-likeness (QED) is 0.595. The number of urea groups is 1. The number of benzene rings is 1. The zero-order valence-electron chi connectivity index (χ0n) is 16.2. The van der Waals surface area contributed by atoms with Crippen LogP contribution in [0.25, 0.3) is 0 Å². The summed E-state index contributed by atoms with van der Waals surface area (Å²) in [4.78, 5) is 45.6. The van der Waals surface area contributed by atoms with Crippen LogP contribution in [0, 0.1) is 0 Å². The van der Waals surface area contributed by atoms with Crippen molar-refractivity contribution in [2.45, 2.75) is 6.54 Å². The van der Waals surface area contributed by atoms with Gasteiger partial charge in [0.05, 0.1) is 12.2 Å². The number of nitrogens with one attached hydrogen (secondary N) is 1. The second kappa shape index (κ2) is 8.87. The zero-order valence-corrected chi connectivity index (χ0v) is 17.0. The molecule has 0 atom stereocenters. The van der Waals surface area contributed by atoms with Gasteiger partial charge in [-0.1, -0.05) is 36.4 Å². The number of carbonyl (C=O) groups is 3. The van der Waals surface area contributed by atoms with Crippen LogP contribution in [-0.4, -0.2) is 47.2 Å². The van der Waals surface area contributed by atoms with Crippen molar-refractivity contribution in [2.75, 3.05) is 24.5 Å². The average Bonchev–Trinajstić information content (AvgIpc) is 3.40. The smallest absolute Gasteiger partial charge is 0.325 e. The van der Waals surface area contributed by atoms with Crippen LogP contribution in [0.3, 0.4) is 0 Å². The summed E-state index contributed by atoms with van der Waals surface area (Å²) in [7, 11) is 0. The van der Waals surface area contributed by atoms with E-state index in [4.69, 9.17) is 0 Å². The molecule has 1 saturated heterocycles. The van der Waals surface area contributed by atoms with Crippen LogP contribution in [0.1, 0.15) is 25.6 Å². The number of Topliss-reactive ketones (excluding diaryl/α,β-unsaturated/α-hetero) is 1. The van der Waals surface area contributed by atoms with Gasteiger partial charge in [-0.2, -0.15) is 0 Å². The summed E-state index contributed by atoms with van der Waals surface area (Å²) in [5.74, 6) is -0.346. The van der Waals surface area contributed by atoms with Crippen LogP contribution in [0.4, 0.5) is 10.5 Å². The van der Waals surface area contributed by atoms with Gasteiger partial charge in [-0.3, -0.25) is 19.5 Å². The summed E-state index contributed by atoms with van der Waals surface area (Å²) in [6, 6.07) is 14.1. The molecular formula is C22H20N4O3S. The molecule has 3 amide bonds. The number of nitrogens with zero attached hydrogens (tertiary/aromatic N) is 3. The summed E-state index contributed by atoms with van der Waals surface area (Å²) in [5.41, 5.74) is 2.05. The number of hydrogen-bond donors (Lipinski definition) is 1. The normalized spacial score (nSPS) is 13.5. The largest absolute Gasteiger partial charge is 0.347 e. The van der Waals surface area contributed by atoms with Gasteiger partial charge in [0.25, 0.3) is 5.91 Å². The SMILES string of the molecule is O=C(CN1CCN(c2ccsc2C(=O)NCc2cccnc2)C1=O)c1ccccc1. The first-order valence-electron chi connectivity index (χ1n) is 9.53. The Hall–Kier alpha value is -3.52. The fraction of sp³-hybridized carbons (Fsp3) is 0.182. The Morgan fingerprint density at radius 1 is 1.07 bits per heavy atom. The van der Waals surface area contributed by atoms with Gasteiger partial charge in [0.15, 0.2) is 5.78 Å². The standard InChI is InChI=1S/C22H20N4O3S/c27-19(17-6-2-1-3-7-17)15-25-10-11-26(22(25)29)18-8-12-30-20(18)21(28)24-14-16-5-4-9-23-13-16/h1-9,12-13H,10-11,14-15H2,(H,24,28). The Kier molecular flexibility index (Phi) is 5.85. The van der Waals surface area contributed by atoms with E-state index in [0.29, 0.717) is 35.8 Å². The highest BCUT2D eigenvalue weighted by Gasteiger charge is 2.33. The van der Waals surface area contributed by atoms with Gasteiger partial charge in [0, 0.05) is 37.6 Å². The molecule has 1 fully saturated rings. The minimum absolute atomic E-state index is 0.0199. The van der Waals surface area contributed by atoms with Gasteiger partial charge < -0.3 is 10.2 Å². The maximum atomic E-state index is 12.9. The van der Waals surface area contributed by atoms with E-state index in [2.05, 4.69) is 10.3 Å². The van der Waals surface area contributed by atoms with Crippen LogP contribution < -0.4 is 10.2 Å². The van der Waals surface area contributed by atoms with E-state index < -0.39 is 0 Å². The Labute approximate surface area is 178 Å². The third kappa shape index (κ3) is 4.23. The third-order valence-electron chi connectivity index (χ3n) is 4.84. The number of ketones is 1. The predicted octanol–water partition coefficient (Wildman–Crippen LogP) is 3.20. The number of carbonyl (C=O) groups excluding carboxylic acids is 3. The fourth-order valence-corrected chi connectivity index (χ4v) is 4.10. The second-order valence-corrected chi connectivity index (χ2v) is 7.74. The number of anilines is 1. The minimum atomic E-state index is -0.265. The first kappa shape index (κ1) is 19.8. The summed E-state index contributed by atoms with van der Waals surface area (Å²) in [5, 5.41) is 4.66. The van der Waals surface area contributed by atoms with E-state index >= 15 is 0 Å². The van der Waals surface area contributed by atoms with Gasteiger partial charge in [-0.15, -0.1) is 11.3 Å². The van der Waals surface area contributed by atoms with Crippen molar-refractivity contribution in [2.24, 2.45) is 0 Å². The average molecular weight is 420 g/mol. The number of pyridine rings is 1. The van der Waals surface area contributed by atoms with Crippen LogP contribution in [-0.2, 0) is 6.54 Å². The molecule has 0 unspecified atom stereocenters. The molecule has 3 heterocycles. The van der Waals surface area contributed by atoms with Crippen molar-refractivity contribution in [3.05, 3.63) is 82.3 Å². The first-order valence-corrected chi connectivity index (χ1v) is 10.4. The topological polar surface area (TPSA) is 82.6 Å². The van der Waals surface area contributed by atoms with E-state index in [1.165, 1.54) is 16.2 Å². The molecule has 3 aromatic rings. The minimum Gasteiger partial charge on any atom is -0.347 e. The second-order valence-electron chi connectivity index (χ2n) is 6.82. The molecule has 8 heteroatoms. The lowest BCUT2D eigenvalue weighted by molar-refractivity contribution is 0.0947. The summed E-state index contributed by atoms with van der Waals surface area (Å²) >= 11 is 1.29. The van der Waals surface area contributed by atoms with E-state index in [-0.39, 0.29) is 24.3 Å². The molecular weight excluding hydrogens is 400 g/mol. The van der Waals surface area contributed by atoms with Crippen molar-refractivity contribution in [1.29, 1.82) is 0 Å². The molecule has 2 aromatic heterocycles. The van der Waals surface area contributed by atoms with Gasteiger partial charge in [-0.05, 0) is 23.1 Å². The third-order valence-corrected chi connectivity index (χ3v) is 5.74. The van der Waals surface area contributed by atoms with Crippen LogP contribution in [0.15, 0.2) is 66.3 Å². The van der Waals surface area contributed by atoms with Gasteiger partial charge >= 0.3 is 6.03 Å². The number of aromatic nitrogens is 1. The van der Waals surface area contributed by atoms with E-state index in [0.717, 1.165) is 5.56 Å². The molecule has 30 heavy (non-hydrogen) atoms. The lowest BCUT2D eigenvalue weighted by atomic mass is 10.1. The number of rotatable bonds is 7. The Bertz CT molecular complexity index is 1050. The predicted molar refractivity (Wildman–Crippen MR) is 115 cm³/mol. The van der Waals surface area contributed by atoms with Crippen molar-refractivity contribution >= 4 is 34.7 Å². The van der Waals surface area contributed by atoms with Crippen molar-refractivity contribution in [3.63, 3.8) is 0 Å². The van der Waals surface area contributed by atoms with Gasteiger partial charge in [-0.25, -0.2) is 4.79 Å². The number of thiophene rings is 1. The zero-order chi connectivity index (χ0) is 20.9. The van der Waals surface area contributed by atoms with Gasteiger partial charge in [0.2, 0.25) is 0 Å². The molecule has 0 bridgehead atoms. The van der Waals surface area contributed by atoms with E-state index in [1.54, 1.807) is 53.0 Å². The lowest BCUT2D eigenvalue weighted by Crippen LogP contribution is -2.36. The maximum Gasteiger partial charge on any atom is 0.325 e. The lowest BCUT2D eigenvalue weighted by Gasteiger charge is -2.18. The Morgan fingerprint density at radius 3 is 2.67 bits per heavy atom. The summed E-state index contributed by atoms with van der Waals surface area (Å²) < 4.78 is 0. The van der Waals surface area contributed by atoms with E-state index in [9.17, 15) is 14.4 Å². The number of amides is 3. The highest BCUT2D eigenvalue weighted by molar-refractivity contribution is 7.12. The molecule has 1 aromatic carbocycles. The van der Waals surface area contributed by atoms with Crippen molar-refractivity contribution in [1.82, 2.24) is 15.2 Å². The van der Waals surface area contributed by atoms with E-state index in [1.807, 2.05) is 18.2 Å². The molecule has 7 nitrogen and oxygen atoms in total. The summed E-state index contributed by atoms with van der Waals surface area (Å²) in [6.07, 6.45) is 3.37. The molecule has 1 N–H and O–H groups in total. The number of hydrogen-bond acceptors (Lipinski definition) is 5. The molecule has 1 aliphatic rings. The highest BCUT2D eigenvalue weighted by atomic mass is 32.1. The summed E-state index contributed by atoms with van der Waals surface area (Å²) in [6.45, 7) is 1.24. The molecule has 0 aliphatic carbocycles. The molecule has 0 radical (unpaired) electrons. The monoisotopic (exact) mass is 420 g/mol. The van der Waals surface area contributed by atoms with Crippen molar-refractivity contribution in [3.8, 4) is 0 Å². The van der Waals surface area contributed by atoms with Gasteiger partial charge in [0.1, 0.15) is 4.88 Å². The fourth-order valence-electron chi connectivity index (χ4n) is 3.29. The highest BCUT2D eigenvalue weighted by Crippen LogP contribution is 2.29. The molecule has 152 valence electrons. The molecule has 4 rings (SSSR count). The maximum absolute atomic E-state index is 12.9.